The molecule has 1 aromatic heterocycles. The molecule has 3 rings (SSSR count). The zero-order valence-corrected chi connectivity index (χ0v) is 18.6. The van der Waals surface area contributed by atoms with Gasteiger partial charge in [0.25, 0.3) is 0 Å². The van der Waals surface area contributed by atoms with Crippen molar-refractivity contribution >= 4 is 49.7 Å². The van der Waals surface area contributed by atoms with E-state index in [4.69, 9.17) is 16.3 Å². The molecule has 30 heavy (non-hydrogen) atoms. The monoisotopic (exact) mass is 466 g/mol. The molecule has 0 atom stereocenters. The molecular formula is C19H19ClN4O4S2. The highest BCUT2D eigenvalue weighted by Gasteiger charge is 2.22. The first kappa shape index (κ1) is 22.0. The second-order valence-electron chi connectivity index (χ2n) is 6.16. The number of carbonyl (C=O) groups excluding carboxylic acids is 1. The van der Waals surface area contributed by atoms with Crippen molar-refractivity contribution in [1.29, 1.82) is 0 Å². The van der Waals surface area contributed by atoms with Crippen LogP contribution in [0.4, 0.5) is 10.8 Å². The predicted molar refractivity (Wildman–Crippen MR) is 119 cm³/mol. The highest BCUT2D eigenvalue weighted by molar-refractivity contribution is 7.92. The molecule has 0 bridgehead atoms. The van der Waals surface area contributed by atoms with Gasteiger partial charge >= 0.3 is 0 Å². The van der Waals surface area contributed by atoms with Crippen LogP contribution in [0.3, 0.4) is 0 Å². The molecule has 11 heteroatoms. The third kappa shape index (κ3) is 5.68. The number of carbonyl (C=O) groups is 1. The van der Waals surface area contributed by atoms with Crippen molar-refractivity contribution in [2.75, 3.05) is 29.0 Å². The third-order valence-corrected chi connectivity index (χ3v) is 6.17. The van der Waals surface area contributed by atoms with E-state index in [1.54, 1.807) is 48.5 Å². The molecular weight excluding hydrogens is 448 g/mol. The Kier molecular flexibility index (Phi) is 6.91. The Hall–Kier alpha value is -2.69. The molecule has 0 aliphatic carbocycles. The first-order chi connectivity index (χ1) is 14.3. The second-order valence-corrected chi connectivity index (χ2v) is 9.48. The molecule has 3 aromatic rings. The van der Waals surface area contributed by atoms with Crippen LogP contribution in [0.25, 0.3) is 10.6 Å². The lowest BCUT2D eigenvalue weighted by Crippen LogP contribution is -2.37. The summed E-state index contributed by atoms with van der Waals surface area (Å²) in [6.07, 6.45) is 1.04. The van der Waals surface area contributed by atoms with Gasteiger partial charge in [-0.25, -0.2) is 8.42 Å². The number of ether oxygens (including phenoxy) is 1. The van der Waals surface area contributed by atoms with Crippen molar-refractivity contribution < 1.29 is 17.9 Å². The number of rotatable bonds is 8. The first-order valence-corrected chi connectivity index (χ1v) is 11.9. The van der Waals surface area contributed by atoms with Crippen LogP contribution in [0.5, 0.6) is 5.75 Å². The molecule has 1 amide bonds. The van der Waals surface area contributed by atoms with Crippen molar-refractivity contribution in [3.63, 3.8) is 0 Å². The third-order valence-electron chi connectivity index (χ3n) is 3.89. The summed E-state index contributed by atoms with van der Waals surface area (Å²) in [7, 11) is -3.69. The van der Waals surface area contributed by atoms with Gasteiger partial charge in [0, 0.05) is 10.6 Å². The summed E-state index contributed by atoms with van der Waals surface area (Å²) < 4.78 is 30.8. The summed E-state index contributed by atoms with van der Waals surface area (Å²) in [5.41, 5.74) is 1.17. The lowest BCUT2D eigenvalue weighted by Gasteiger charge is -2.21. The number of aromatic nitrogens is 2. The van der Waals surface area contributed by atoms with Gasteiger partial charge < -0.3 is 4.74 Å². The molecule has 0 unspecified atom stereocenters. The summed E-state index contributed by atoms with van der Waals surface area (Å²) in [5.74, 6) is 0.0795. The average molecular weight is 467 g/mol. The average Bonchev–Trinajstić information content (AvgIpc) is 3.15. The van der Waals surface area contributed by atoms with Gasteiger partial charge in [-0.15, -0.1) is 10.2 Å². The van der Waals surface area contributed by atoms with E-state index >= 15 is 0 Å². The lowest BCUT2D eigenvalue weighted by molar-refractivity contribution is -0.114. The normalized spacial score (nSPS) is 11.2. The van der Waals surface area contributed by atoms with Crippen LogP contribution in [0.2, 0.25) is 5.02 Å². The number of benzene rings is 2. The molecule has 8 nitrogen and oxygen atoms in total. The Morgan fingerprint density at radius 3 is 2.40 bits per heavy atom. The minimum atomic E-state index is -3.69. The highest BCUT2D eigenvalue weighted by atomic mass is 35.5. The van der Waals surface area contributed by atoms with Crippen molar-refractivity contribution in [2.45, 2.75) is 6.92 Å². The van der Waals surface area contributed by atoms with Crippen LogP contribution in [0.1, 0.15) is 6.92 Å². The van der Waals surface area contributed by atoms with Gasteiger partial charge in [-0.05, 0) is 43.3 Å². The maximum atomic E-state index is 12.5. The second kappa shape index (κ2) is 9.41. The first-order valence-electron chi connectivity index (χ1n) is 8.86. The number of halogens is 1. The quantitative estimate of drug-likeness (QED) is 0.543. The Morgan fingerprint density at radius 1 is 1.13 bits per heavy atom. The fraction of sp³-hybridized carbons (Fsp3) is 0.211. The fourth-order valence-corrected chi connectivity index (χ4v) is 4.30. The van der Waals surface area contributed by atoms with Crippen LogP contribution in [0, 0.1) is 0 Å². The standard InChI is InChI=1S/C19H19ClN4O4S2/c1-3-28-16-10-8-15(9-11-16)24(30(2,26)27)12-17(25)21-19-23-22-18(29-19)13-4-6-14(20)7-5-13/h4-11H,3,12H2,1-2H3,(H,21,23,25). The Labute approximate surface area is 183 Å². The molecule has 0 spiro atoms. The molecule has 0 saturated heterocycles. The molecule has 1 N–H and O–H groups in total. The summed E-state index contributed by atoms with van der Waals surface area (Å²) in [4.78, 5) is 12.5. The minimum absolute atomic E-state index is 0.269. The zero-order valence-electron chi connectivity index (χ0n) is 16.2. The smallest absolute Gasteiger partial charge is 0.246 e. The SMILES string of the molecule is CCOc1ccc(N(CC(=O)Nc2nnc(-c3ccc(Cl)cc3)s2)S(C)(=O)=O)cc1. The van der Waals surface area contributed by atoms with E-state index in [1.807, 2.05) is 6.92 Å². The van der Waals surface area contributed by atoms with E-state index in [1.165, 1.54) is 11.3 Å². The van der Waals surface area contributed by atoms with Crippen LogP contribution in [0.15, 0.2) is 48.5 Å². The largest absolute Gasteiger partial charge is 0.494 e. The predicted octanol–water partition coefficient (Wildman–Crippen LogP) is 3.66. The summed E-state index contributed by atoms with van der Waals surface area (Å²) >= 11 is 7.06. The molecule has 0 saturated carbocycles. The Bertz CT molecular complexity index is 1120. The molecule has 2 aromatic carbocycles. The van der Waals surface area contributed by atoms with Gasteiger partial charge in [0.1, 0.15) is 17.3 Å². The number of nitrogens with zero attached hydrogens (tertiary/aromatic N) is 3. The Morgan fingerprint density at radius 2 is 1.80 bits per heavy atom. The lowest BCUT2D eigenvalue weighted by atomic mass is 10.2. The fourth-order valence-electron chi connectivity index (χ4n) is 2.55. The van der Waals surface area contributed by atoms with Crippen LogP contribution in [-0.2, 0) is 14.8 Å². The maximum Gasteiger partial charge on any atom is 0.246 e. The maximum absolute atomic E-state index is 12.5. The number of anilines is 2. The minimum Gasteiger partial charge on any atom is -0.494 e. The summed E-state index contributed by atoms with van der Waals surface area (Å²) in [6, 6.07) is 13.5. The van der Waals surface area contributed by atoms with E-state index in [0.29, 0.717) is 28.1 Å². The van der Waals surface area contributed by atoms with Gasteiger partial charge in [-0.2, -0.15) is 0 Å². The highest BCUT2D eigenvalue weighted by Crippen LogP contribution is 2.27. The number of hydrogen-bond acceptors (Lipinski definition) is 7. The molecule has 0 aliphatic heterocycles. The zero-order chi connectivity index (χ0) is 21.7. The van der Waals surface area contributed by atoms with E-state index in [9.17, 15) is 13.2 Å². The van der Waals surface area contributed by atoms with Crippen molar-refractivity contribution in [2.24, 2.45) is 0 Å². The van der Waals surface area contributed by atoms with E-state index in [0.717, 1.165) is 16.1 Å². The van der Waals surface area contributed by atoms with E-state index in [-0.39, 0.29) is 5.13 Å². The van der Waals surface area contributed by atoms with Gasteiger partial charge in [0.15, 0.2) is 0 Å². The van der Waals surface area contributed by atoms with Gasteiger partial charge in [-0.3, -0.25) is 14.4 Å². The summed E-state index contributed by atoms with van der Waals surface area (Å²) in [6.45, 7) is 1.95. The van der Waals surface area contributed by atoms with Crippen molar-refractivity contribution in [3.05, 3.63) is 53.6 Å². The molecule has 1 heterocycles. The molecule has 158 valence electrons. The van der Waals surface area contributed by atoms with Gasteiger partial charge in [-0.1, -0.05) is 35.1 Å². The van der Waals surface area contributed by atoms with Gasteiger partial charge in [0.2, 0.25) is 21.1 Å². The van der Waals surface area contributed by atoms with Crippen LogP contribution in [-0.4, -0.2) is 43.9 Å². The number of nitrogens with one attached hydrogen (secondary N) is 1. The number of amides is 1. The van der Waals surface area contributed by atoms with Crippen LogP contribution < -0.4 is 14.4 Å². The Balaban J connectivity index is 1.71. The molecule has 0 radical (unpaired) electrons. The van der Waals surface area contributed by atoms with Gasteiger partial charge in [0.05, 0.1) is 18.6 Å². The number of sulfonamides is 1. The molecule has 0 aliphatic rings. The van der Waals surface area contributed by atoms with Crippen LogP contribution >= 0.6 is 22.9 Å². The summed E-state index contributed by atoms with van der Waals surface area (Å²) in [5, 5.41) is 12.1. The van der Waals surface area contributed by atoms with E-state index in [2.05, 4.69) is 15.5 Å². The van der Waals surface area contributed by atoms with E-state index < -0.39 is 22.5 Å². The van der Waals surface area contributed by atoms with Crippen molar-refractivity contribution in [1.82, 2.24) is 10.2 Å². The molecule has 0 fully saturated rings. The van der Waals surface area contributed by atoms with Crippen molar-refractivity contribution in [3.8, 4) is 16.3 Å². The topological polar surface area (TPSA) is 101 Å². The number of hydrogen-bond donors (Lipinski definition) is 1.